The van der Waals surface area contributed by atoms with E-state index in [1.165, 1.54) is 0 Å². The number of nitrogens with one attached hydrogen (secondary N) is 1. The van der Waals surface area contributed by atoms with Gasteiger partial charge in [-0.2, -0.15) is 0 Å². The molecule has 3 atom stereocenters. The fraction of sp³-hybridized carbons (Fsp3) is 0.750. The minimum atomic E-state index is -2.70. The van der Waals surface area contributed by atoms with Crippen molar-refractivity contribution in [2.75, 3.05) is 18.5 Å². The zero-order valence-corrected chi connectivity index (χ0v) is 13.0. The van der Waals surface area contributed by atoms with E-state index in [0.29, 0.717) is 25.5 Å². The van der Waals surface area contributed by atoms with Gasteiger partial charge >= 0.3 is 0 Å². The molecule has 1 saturated heterocycles. The molecule has 126 valence electrons. The molecule has 23 heavy (non-hydrogen) atoms. The molecule has 1 aromatic heterocycles. The normalized spacial score (nSPS) is 32.6. The van der Waals surface area contributed by atoms with E-state index in [-0.39, 0.29) is 24.2 Å². The van der Waals surface area contributed by atoms with Crippen LogP contribution in [0.1, 0.15) is 42.9 Å². The van der Waals surface area contributed by atoms with E-state index >= 15 is 0 Å². The minimum Gasteiger partial charge on any atom is -0.381 e. The Morgan fingerprint density at radius 2 is 2.04 bits per heavy atom. The number of hydrogen-bond donors (Lipinski definition) is 1. The second kappa shape index (κ2) is 5.26. The Labute approximate surface area is 132 Å². The summed E-state index contributed by atoms with van der Waals surface area (Å²) in [6, 6.07) is 0. The maximum atomic E-state index is 13.6. The number of aromatic nitrogens is 1. The predicted molar refractivity (Wildman–Crippen MR) is 77.3 cm³/mol. The fourth-order valence-corrected chi connectivity index (χ4v) is 4.20. The first kappa shape index (κ1) is 15.1. The van der Waals surface area contributed by atoms with Crippen molar-refractivity contribution in [2.45, 2.75) is 44.4 Å². The van der Waals surface area contributed by atoms with Gasteiger partial charge in [-0.05, 0) is 32.1 Å². The highest BCUT2D eigenvalue weighted by Gasteiger charge is 2.70. The molecular weight excluding hydrogens is 306 g/mol. The molecule has 7 heteroatoms. The summed E-state index contributed by atoms with van der Waals surface area (Å²) in [5, 5.41) is 6.74. The van der Waals surface area contributed by atoms with Gasteiger partial charge < -0.3 is 9.26 Å². The molecule has 0 aromatic carbocycles. The van der Waals surface area contributed by atoms with Crippen molar-refractivity contribution >= 4 is 11.8 Å². The smallest absolute Gasteiger partial charge is 0.252 e. The Morgan fingerprint density at radius 3 is 2.70 bits per heavy atom. The fourth-order valence-electron chi connectivity index (χ4n) is 4.20. The van der Waals surface area contributed by atoms with E-state index in [0.717, 1.165) is 24.1 Å². The minimum absolute atomic E-state index is 0.0959. The van der Waals surface area contributed by atoms with Crippen LogP contribution in [0.25, 0.3) is 0 Å². The summed E-state index contributed by atoms with van der Waals surface area (Å²) in [6.07, 6.45) is 2.08. The van der Waals surface area contributed by atoms with Crippen LogP contribution in [0.3, 0.4) is 0 Å². The maximum Gasteiger partial charge on any atom is 0.252 e. The highest BCUT2D eigenvalue weighted by atomic mass is 19.3. The van der Waals surface area contributed by atoms with E-state index in [1.54, 1.807) is 0 Å². The van der Waals surface area contributed by atoms with Gasteiger partial charge in [0.2, 0.25) is 11.8 Å². The van der Waals surface area contributed by atoms with Gasteiger partial charge in [0, 0.05) is 37.0 Å². The molecule has 0 radical (unpaired) electrons. The van der Waals surface area contributed by atoms with Gasteiger partial charge in [0.1, 0.15) is 0 Å². The molecule has 0 unspecified atom stereocenters. The first-order chi connectivity index (χ1) is 11.0. The number of halogens is 2. The number of alkyl halides is 2. The van der Waals surface area contributed by atoms with Crippen LogP contribution < -0.4 is 5.32 Å². The number of carbonyl (C=O) groups excluding carboxylic acids is 1. The number of ether oxygens (including phenoxy) is 1. The van der Waals surface area contributed by atoms with Crippen LogP contribution in [0.4, 0.5) is 14.7 Å². The van der Waals surface area contributed by atoms with Gasteiger partial charge in [-0.3, -0.25) is 10.1 Å². The summed E-state index contributed by atoms with van der Waals surface area (Å²) in [6.45, 7) is 3.23. The first-order valence-corrected chi connectivity index (χ1v) is 8.21. The number of carbonyl (C=O) groups is 1. The molecule has 1 amide bonds. The summed E-state index contributed by atoms with van der Waals surface area (Å²) in [7, 11) is 0. The summed E-state index contributed by atoms with van der Waals surface area (Å²) in [4.78, 5) is 12.3. The standard InChI is InChI=1S/C16H20F2N2O3/c1-8-13(9-3-6-22-7-4-9)20-23-15(8)19-14(21)11-10-2-5-16(17,18)12(10)11/h9-12H,2-7H2,1H3,(H,19,21)/t10-,11+,12-/m0/s1. The summed E-state index contributed by atoms with van der Waals surface area (Å²) >= 11 is 0. The van der Waals surface area contributed by atoms with Gasteiger partial charge in [-0.25, -0.2) is 8.78 Å². The molecule has 1 N–H and O–H groups in total. The highest BCUT2D eigenvalue weighted by molar-refractivity contribution is 5.94. The van der Waals surface area contributed by atoms with Crippen molar-refractivity contribution in [3.63, 3.8) is 0 Å². The quantitative estimate of drug-likeness (QED) is 0.927. The van der Waals surface area contributed by atoms with Crippen LogP contribution in [0.5, 0.6) is 0 Å². The van der Waals surface area contributed by atoms with Crippen molar-refractivity contribution in [3.05, 3.63) is 11.3 Å². The highest BCUT2D eigenvalue weighted by Crippen LogP contribution is 2.64. The Bertz CT molecular complexity index is 625. The lowest BCUT2D eigenvalue weighted by atomic mass is 9.94. The average molecular weight is 326 g/mol. The summed E-state index contributed by atoms with van der Waals surface area (Å²) in [5.74, 6) is -4.06. The van der Waals surface area contributed by atoms with Gasteiger partial charge in [0.25, 0.3) is 5.92 Å². The molecule has 4 rings (SSSR count). The van der Waals surface area contributed by atoms with Crippen LogP contribution in [0.2, 0.25) is 0 Å². The van der Waals surface area contributed by atoms with E-state index in [9.17, 15) is 13.6 Å². The van der Waals surface area contributed by atoms with E-state index < -0.39 is 17.8 Å². The van der Waals surface area contributed by atoms with Gasteiger partial charge in [0.05, 0.1) is 11.6 Å². The zero-order valence-electron chi connectivity index (χ0n) is 13.0. The van der Waals surface area contributed by atoms with Crippen LogP contribution in [-0.4, -0.2) is 30.2 Å². The van der Waals surface area contributed by atoms with Gasteiger partial charge in [-0.15, -0.1) is 0 Å². The number of anilines is 1. The van der Waals surface area contributed by atoms with Crippen molar-refractivity contribution in [3.8, 4) is 0 Å². The number of fused-ring (bicyclic) bond motifs is 1. The molecule has 2 heterocycles. The second-order valence-electron chi connectivity index (χ2n) is 6.91. The third kappa shape index (κ3) is 2.45. The largest absolute Gasteiger partial charge is 0.381 e. The molecule has 2 aliphatic carbocycles. The number of hydrogen-bond acceptors (Lipinski definition) is 4. The second-order valence-corrected chi connectivity index (χ2v) is 6.91. The lowest BCUT2D eigenvalue weighted by Crippen LogP contribution is -2.24. The van der Waals surface area contributed by atoms with Crippen LogP contribution >= 0.6 is 0 Å². The van der Waals surface area contributed by atoms with E-state index in [4.69, 9.17) is 9.26 Å². The third-order valence-electron chi connectivity index (χ3n) is 5.57. The lowest BCUT2D eigenvalue weighted by molar-refractivity contribution is -0.120. The van der Waals surface area contributed by atoms with Crippen LogP contribution in [0.15, 0.2) is 4.52 Å². The van der Waals surface area contributed by atoms with Crippen LogP contribution in [-0.2, 0) is 9.53 Å². The van der Waals surface area contributed by atoms with Crippen molar-refractivity contribution in [2.24, 2.45) is 17.8 Å². The molecular formula is C16H20F2N2O3. The summed E-state index contributed by atoms with van der Waals surface area (Å²) < 4.78 is 37.9. The monoisotopic (exact) mass is 326 g/mol. The zero-order chi connectivity index (χ0) is 16.2. The Morgan fingerprint density at radius 1 is 1.30 bits per heavy atom. The third-order valence-corrected chi connectivity index (χ3v) is 5.57. The van der Waals surface area contributed by atoms with E-state index in [2.05, 4.69) is 10.5 Å². The molecule has 0 spiro atoms. The SMILES string of the molecule is Cc1c(C2CCOCC2)noc1NC(=O)[C@@H]1[C@@H]2CCC(F)(F)[C@@H]21. The Hall–Kier alpha value is -1.50. The number of nitrogens with zero attached hydrogens (tertiary/aromatic N) is 1. The van der Waals surface area contributed by atoms with Crippen molar-refractivity contribution in [1.82, 2.24) is 5.16 Å². The Kier molecular flexibility index (Phi) is 3.44. The molecule has 1 aliphatic heterocycles. The molecule has 3 aliphatic rings. The number of amides is 1. The summed E-state index contributed by atoms with van der Waals surface area (Å²) in [5.41, 5.74) is 1.63. The molecule has 5 nitrogen and oxygen atoms in total. The molecule has 0 bridgehead atoms. The van der Waals surface area contributed by atoms with Crippen molar-refractivity contribution < 1.29 is 22.8 Å². The predicted octanol–water partition coefficient (Wildman–Crippen LogP) is 3.11. The average Bonchev–Trinajstić information content (AvgIpc) is 3.08. The molecule has 3 fully saturated rings. The topological polar surface area (TPSA) is 64.4 Å². The number of rotatable bonds is 3. The Balaban J connectivity index is 1.44. The first-order valence-electron chi connectivity index (χ1n) is 8.21. The van der Waals surface area contributed by atoms with Crippen molar-refractivity contribution in [1.29, 1.82) is 0 Å². The van der Waals surface area contributed by atoms with Gasteiger partial charge in [0.15, 0.2) is 0 Å². The van der Waals surface area contributed by atoms with Gasteiger partial charge in [-0.1, -0.05) is 5.16 Å². The molecule has 2 saturated carbocycles. The lowest BCUT2D eigenvalue weighted by Gasteiger charge is -2.20. The van der Waals surface area contributed by atoms with E-state index in [1.807, 2.05) is 6.92 Å². The van der Waals surface area contributed by atoms with Crippen LogP contribution in [0, 0.1) is 24.7 Å². The molecule has 1 aromatic rings. The maximum absolute atomic E-state index is 13.6.